The summed E-state index contributed by atoms with van der Waals surface area (Å²) in [6, 6.07) is 0. The fraction of sp³-hybridized carbons (Fsp3) is 1.00. The zero-order chi connectivity index (χ0) is 16.0. The molecule has 5 nitrogen and oxygen atoms in total. The highest BCUT2D eigenvalue weighted by atomic mass is 16.6. The van der Waals surface area contributed by atoms with Crippen LogP contribution in [0.25, 0.3) is 0 Å². The Bertz CT molecular complexity index is 140. The molecule has 0 aliphatic heterocycles. The SMILES string of the molecule is CCCCOC.CCCCOCCOCCOCCOC. The second-order valence-corrected chi connectivity index (χ2v) is 4.53. The van der Waals surface area contributed by atoms with Gasteiger partial charge in [0, 0.05) is 27.4 Å². The van der Waals surface area contributed by atoms with E-state index in [1.54, 1.807) is 14.2 Å². The number of methoxy groups -OCH3 is 2. The van der Waals surface area contributed by atoms with Crippen LogP contribution in [0.1, 0.15) is 39.5 Å². The van der Waals surface area contributed by atoms with Gasteiger partial charge in [-0.3, -0.25) is 0 Å². The molecule has 130 valence electrons. The van der Waals surface area contributed by atoms with Gasteiger partial charge in [-0.1, -0.05) is 26.7 Å². The molecule has 0 amide bonds. The van der Waals surface area contributed by atoms with Crippen molar-refractivity contribution in [2.24, 2.45) is 0 Å². The van der Waals surface area contributed by atoms with E-state index >= 15 is 0 Å². The van der Waals surface area contributed by atoms with Crippen LogP contribution in [0.5, 0.6) is 0 Å². The number of hydrogen-bond donors (Lipinski definition) is 0. The van der Waals surface area contributed by atoms with Gasteiger partial charge >= 0.3 is 0 Å². The van der Waals surface area contributed by atoms with Crippen molar-refractivity contribution in [2.45, 2.75) is 39.5 Å². The van der Waals surface area contributed by atoms with E-state index in [2.05, 4.69) is 13.8 Å². The third-order valence-corrected chi connectivity index (χ3v) is 2.52. The molecule has 0 radical (unpaired) electrons. The molecular formula is C16H36O5. The molecule has 0 aromatic rings. The second kappa shape index (κ2) is 24.8. The smallest absolute Gasteiger partial charge is 0.0701 e. The molecule has 0 aliphatic rings. The van der Waals surface area contributed by atoms with Crippen LogP contribution in [0.2, 0.25) is 0 Å². The van der Waals surface area contributed by atoms with E-state index in [1.165, 1.54) is 19.3 Å². The minimum absolute atomic E-state index is 0.623. The summed E-state index contributed by atoms with van der Waals surface area (Å²) in [5.74, 6) is 0. The first-order valence-corrected chi connectivity index (χ1v) is 8.04. The Hall–Kier alpha value is -0.200. The highest BCUT2D eigenvalue weighted by molar-refractivity contribution is 4.35. The lowest BCUT2D eigenvalue weighted by atomic mass is 10.4. The van der Waals surface area contributed by atoms with Gasteiger partial charge in [0.15, 0.2) is 0 Å². The first kappa shape index (κ1) is 23.1. The van der Waals surface area contributed by atoms with Crippen LogP contribution in [0.15, 0.2) is 0 Å². The van der Waals surface area contributed by atoms with Crippen molar-refractivity contribution in [3.63, 3.8) is 0 Å². The van der Waals surface area contributed by atoms with Crippen molar-refractivity contribution in [1.29, 1.82) is 0 Å². The Morgan fingerprint density at radius 2 is 0.857 bits per heavy atom. The Morgan fingerprint density at radius 1 is 0.476 bits per heavy atom. The Kier molecular flexibility index (Phi) is 27.2. The van der Waals surface area contributed by atoms with E-state index in [0.717, 1.165) is 19.6 Å². The third-order valence-electron chi connectivity index (χ3n) is 2.52. The summed E-state index contributed by atoms with van der Waals surface area (Å²) in [7, 11) is 3.39. The Labute approximate surface area is 131 Å². The Morgan fingerprint density at radius 3 is 1.24 bits per heavy atom. The van der Waals surface area contributed by atoms with Gasteiger partial charge in [-0.15, -0.1) is 0 Å². The van der Waals surface area contributed by atoms with Gasteiger partial charge in [0.25, 0.3) is 0 Å². The van der Waals surface area contributed by atoms with E-state index in [-0.39, 0.29) is 0 Å². The molecule has 0 N–H and O–H groups in total. The fourth-order valence-electron chi connectivity index (χ4n) is 1.22. The van der Waals surface area contributed by atoms with Crippen LogP contribution in [0, 0.1) is 0 Å². The maximum absolute atomic E-state index is 5.33. The maximum atomic E-state index is 5.33. The van der Waals surface area contributed by atoms with Gasteiger partial charge < -0.3 is 23.7 Å². The van der Waals surface area contributed by atoms with Crippen LogP contribution >= 0.6 is 0 Å². The van der Waals surface area contributed by atoms with Gasteiger partial charge in [-0.05, 0) is 12.8 Å². The van der Waals surface area contributed by atoms with Gasteiger partial charge in [-0.2, -0.15) is 0 Å². The van der Waals surface area contributed by atoms with Crippen molar-refractivity contribution < 1.29 is 23.7 Å². The predicted octanol–water partition coefficient (Wildman–Crippen LogP) is 2.92. The average molecular weight is 308 g/mol. The molecule has 0 saturated heterocycles. The molecule has 0 spiro atoms. The zero-order valence-corrected chi connectivity index (χ0v) is 14.5. The molecular weight excluding hydrogens is 272 g/mol. The zero-order valence-electron chi connectivity index (χ0n) is 14.5. The summed E-state index contributed by atoms with van der Waals surface area (Å²) in [5, 5.41) is 0. The number of rotatable bonds is 15. The van der Waals surface area contributed by atoms with Crippen LogP contribution in [-0.4, -0.2) is 67.1 Å². The summed E-state index contributed by atoms with van der Waals surface area (Å²) in [5.41, 5.74) is 0. The van der Waals surface area contributed by atoms with Crippen molar-refractivity contribution in [2.75, 3.05) is 67.1 Å². The van der Waals surface area contributed by atoms with Crippen molar-refractivity contribution in [1.82, 2.24) is 0 Å². The summed E-state index contributed by atoms with van der Waals surface area (Å²) in [4.78, 5) is 0. The topological polar surface area (TPSA) is 46.2 Å². The van der Waals surface area contributed by atoms with E-state index in [9.17, 15) is 0 Å². The molecule has 5 heteroatoms. The lowest BCUT2D eigenvalue weighted by Crippen LogP contribution is -2.11. The molecule has 0 fully saturated rings. The van der Waals surface area contributed by atoms with Gasteiger partial charge in [0.1, 0.15) is 0 Å². The number of ether oxygens (including phenoxy) is 5. The van der Waals surface area contributed by atoms with Gasteiger partial charge in [-0.25, -0.2) is 0 Å². The molecule has 0 rings (SSSR count). The highest BCUT2D eigenvalue weighted by Gasteiger charge is 1.91. The normalized spacial score (nSPS) is 10.3. The molecule has 0 atom stereocenters. The molecule has 0 unspecified atom stereocenters. The van der Waals surface area contributed by atoms with E-state index < -0.39 is 0 Å². The Balaban J connectivity index is 0. The summed E-state index contributed by atoms with van der Waals surface area (Å²) in [6.07, 6.45) is 4.72. The summed E-state index contributed by atoms with van der Waals surface area (Å²) >= 11 is 0. The quantitative estimate of drug-likeness (QED) is 0.435. The summed E-state index contributed by atoms with van der Waals surface area (Å²) < 4.78 is 25.5. The molecule has 0 aliphatic carbocycles. The minimum Gasteiger partial charge on any atom is -0.385 e. The first-order chi connectivity index (χ1) is 10.3. The van der Waals surface area contributed by atoms with Crippen LogP contribution in [0.3, 0.4) is 0 Å². The van der Waals surface area contributed by atoms with Crippen LogP contribution < -0.4 is 0 Å². The first-order valence-electron chi connectivity index (χ1n) is 8.04. The van der Waals surface area contributed by atoms with Crippen molar-refractivity contribution in [3.8, 4) is 0 Å². The van der Waals surface area contributed by atoms with E-state index in [4.69, 9.17) is 23.7 Å². The molecule has 21 heavy (non-hydrogen) atoms. The lowest BCUT2D eigenvalue weighted by molar-refractivity contribution is 0.00337. The number of hydrogen-bond acceptors (Lipinski definition) is 5. The van der Waals surface area contributed by atoms with Crippen LogP contribution in [-0.2, 0) is 23.7 Å². The molecule has 0 saturated carbocycles. The lowest BCUT2D eigenvalue weighted by Gasteiger charge is -2.06. The third kappa shape index (κ3) is 28.6. The average Bonchev–Trinajstić information content (AvgIpc) is 2.51. The van der Waals surface area contributed by atoms with Crippen molar-refractivity contribution in [3.05, 3.63) is 0 Å². The maximum Gasteiger partial charge on any atom is 0.0701 e. The minimum atomic E-state index is 0.623. The number of unbranched alkanes of at least 4 members (excludes halogenated alkanes) is 2. The van der Waals surface area contributed by atoms with E-state index in [1.807, 2.05) is 0 Å². The summed E-state index contributed by atoms with van der Waals surface area (Å²) in [6.45, 7) is 9.90. The van der Waals surface area contributed by atoms with Crippen molar-refractivity contribution >= 4 is 0 Å². The second-order valence-electron chi connectivity index (χ2n) is 4.53. The fourth-order valence-corrected chi connectivity index (χ4v) is 1.22. The molecule has 0 heterocycles. The molecule has 0 aromatic heterocycles. The van der Waals surface area contributed by atoms with E-state index in [0.29, 0.717) is 39.6 Å². The predicted molar refractivity (Wildman–Crippen MR) is 86.0 cm³/mol. The standard InChI is InChI=1S/C11H24O4.C5H12O/c1-3-4-5-13-8-9-15-11-10-14-7-6-12-2;1-3-4-5-6-2/h3-11H2,1-2H3;3-5H2,1-2H3. The monoisotopic (exact) mass is 308 g/mol. The van der Waals surface area contributed by atoms with Crippen LogP contribution in [0.4, 0.5) is 0 Å². The largest absolute Gasteiger partial charge is 0.385 e. The van der Waals surface area contributed by atoms with Gasteiger partial charge in [0.2, 0.25) is 0 Å². The van der Waals surface area contributed by atoms with Gasteiger partial charge in [0.05, 0.1) is 39.6 Å². The molecule has 0 aromatic carbocycles. The molecule has 0 bridgehead atoms. The highest BCUT2D eigenvalue weighted by Crippen LogP contribution is 1.88.